The molecular formula is C17H18N4O2S. The highest BCUT2D eigenvalue weighted by atomic mass is 32.1. The third-order valence-electron chi connectivity index (χ3n) is 4.51. The van der Waals surface area contributed by atoms with Crippen LogP contribution in [0.2, 0.25) is 0 Å². The van der Waals surface area contributed by atoms with Gasteiger partial charge >= 0.3 is 0 Å². The zero-order valence-corrected chi connectivity index (χ0v) is 14.1. The van der Waals surface area contributed by atoms with Crippen molar-refractivity contribution in [1.29, 1.82) is 5.26 Å². The Hall–Kier alpha value is -2.33. The Kier molecular flexibility index (Phi) is 3.98. The number of oxazole rings is 1. The molecule has 3 heterocycles. The van der Waals surface area contributed by atoms with E-state index in [-0.39, 0.29) is 5.91 Å². The molecular weight excluding hydrogens is 324 g/mol. The fraction of sp³-hybridized carbons (Fsp3) is 0.471. The van der Waals surface area contributed by atoms with Gasteiger partial charge in [0.25, 0.3) is 0 Å². The van der Waals surface area contributed by atoms with Crippen LogP contribution in [0.1, 0.15) is 35.9 Å². The van der Waals surface area contributed by atoms with Crippen molar-refractivity contribution in [3.8, 4) is 6.07 Å². The number of rotatable bonds is 4. The van der Waals surface area contributed by atoms with Gasteiger partial charge in [-0.3, -0.25) is 4.79 Å². The number of piperazine rings is 1. The van der Waals surface area contributed by atoms with Gasteiger partial charge in [0.1, 0.15) is 6.07 Å². The summed E-state index contributed by atoms with van der Waals surface area (Å²) in [7, 11) is 0. The molecule has 0 radical (unpaired) electrons. The van der Waals surface area contributed by atoms with Crippen molar-refractivity contribution in [3.05, 3.63) is 34.0 Å². The van der Waals surface area contributed by atoms with Gasteiger partial charge < -0.3 is 14.2 Å². The summed E-state index contributed by atoms with van der Waals surface area (Å²) in [6.45, 7) is 2.63. The van der Waals surface area contributed by atoms with E-state index < -0.39 is 0 Å². The van der Waals surface area contributed by atoms with Crippen LogP contribution in [-0.2, 0) is 11.2 Å². The third kappa shape index (κ3) is 3.02. The maximum atomic E-state index is 12.4. The predicted octanol–water partition coefficient (Wildman–Crippen LogP) is 2.38. The quantitative estimate of drug-likeness (QED) is 0.853. The van der Waals surface area contributed by atoms with E-state index in [2.05, 4.69) is 11.1 Å². The van der Waals surface area contributed by atoms with Crippen LogP contribution in [-0.4, -0.2) is 42.0 Å². The molecule has 2 fully saturated rings. The predicted molar refractivity (Wildman–Crippen MR) is 90.0 cm³/mol. The zero-order chi connectivity index (χ0) is 16.5. The molecule has 0 aromatic carbocycles. The van der Waals surface area contributed by atoms with E-state index >= 15 is 0 Å². The molecule has 124 valence electrons. The number of anilines is 1. The molecule has 6 nitrogen and oxygen atoms in total. The summed E-state index contributed by atoms with van der Waals surface area (Å²) >= 11 is 1.61. The second kappa shape index (κ2) is 6.29. The van der Waals surface area contributed by atoms with Crippen molar-refractivity contribution in [1.82, 2.24) is 9.88 Å². The second-order valence-electron chi connectivity index (χ2n) is 6.27. The lowest BCUT2D eigenvalue weighted by Crippen LogP contribution is -2.49. The SMILES string of the molecule is N#Cc1nc(C2CC2)oc1N1CCN(C(=O)Cc2ccsc2)CC1. The summed E-state index contributed by atoms with van der Waals surface area (Å²) in [6.07, 6.45) is 2.65. The first kappa shape index (κ1) is 15.2. The molecule has 1 amide bonds. The van der Waals surface area contributed by atoms with E-state index in [1.807, 2.05) is 26.6 Å². The number of amides is 1. The first-order valence-electron chi connectivity index (χ1n) is 8.19. The van der Waals surface area contributed by atoms with Gasteiger partial charge in [0.15, 0.2) is 0 Å². The highest BCUT2D eigenvalue weighted by molar-refractivity contribution is 7.08. The molecule has 4 rings (SSSR count). The number of carbonyl (C=O) groups excluding carboxylic acids is 1. The van der Waals surface area contributed by atoms with E-state index in [9.17, 15) is 10.1 Å². The molecule has 7 heteroatoms. The molecule has 24 heavy (non-hydrogen) atoms. The Morgan fingerprint density at radius 2 is 2.17 bits per heavy atom. The van der Waals surface area contributed by atoms with Crippen molar-refractivity contribution in [3.63, 3.8) is 0 Å². The first-order valence-corrected chi connectivity index (χ1v) is 9.13. The normalized spacial score (nSPS) is 17.8. The molecule has 1 aliphatic carbocycles. The molecule has 2 aliphatic rings. The number of carbonyl (C=O) groups is 1. The van der Waals surface area contributed by atoms with E-state index in [1.165, 1.54) is 0 Å². The Bertz CT molecular complexity index is 765. The summed E-state index contributed by atoms with van der Waals surface area (Å²) in [6, 6.07) is 4.13. The van der Waals surface area contributed by atoms with Crippen molar-refractivity contribution in [2.45, 2.75) is 25.2 Å². The molecule has 0 unspecified atom stereocenters. The molecule has 1 aliphatic heterocycles. The molecule has 1 saturated carbocycles. The highest BCUT2D eigenvalue weighted by Gasteiger charge is 2.32. The van der Waals surface area contributed by atoms with Crippen LogP contribution in [0.15, 0.2) is 21.2 Å². The summed E-state index contributed by atoms with van der Waals surface area (Å²) in [5.74, 6) is 1.81. The molecule has 0 bridgehead atoms. The van der Waals surface area contributed by atoms with E-state index in [0.29, 0.717) is 56.0 Å². The van der Waals surface area contributed by atoms with Gasteiger partial charge in [-0.1, -0.05) is 0 Å². The number of hydrogen-bond acceptors (Lipinski definition) is 6. The van der Waals surface area contributed by atoms with Gasteiger partial charge in [0, 0.05) is 32.1 Å². The lowest BCUT2D eigenvalue weighted by molar-refractivity contribution is -0.130. The van der Waals surface area contributed by atoms with Crippen molar-refractivity contribution in [2.24, 2.45) is 0 Å². The largest absolute Gasteiger partial charge is 0.423 e. The Labute approximate surface area is 144 Å². The van der Waals surface area contributed by atoms with E-state index in [4.69, 9.17) is 4.42 Å². The average Bonchev–Trinajstić information content (AvgIpc) is 3.17. The Morgan fingerprint density at radius 1 is 1.38 bits per heavy atom. The lowest BCUT2D eigenvalue weighted by Gasteiger charge is -2.34. The number of nitrogens with zero attached hydrogens (tertiary/aromatic N) is 4. The van der Waals surface area contributed by atoms with Gasteiger partial charge in [-0.05, 0) is 35.2 Å². The van der Waals surface area contributed by atoms with Crippen LogP contribution in [0.5, 0.6) is 0 Å². The summed E-state index contributed by atoms with van der Waals surface area (Å²) in [5, 5.41) is 13.3. The molecule has 0 atom stereocenters. The number of thiophene rings is 1. The van der Waals surface area contributed by atoms with Crippen LogP contribution in [0.4, 0.5) is 5.88 Å². The smallest absolute Gasteiger partial charge is 0.234 e. The number of hydrogen-bond donors (Lipinski definition) is 0. The van der Waals surface area contributed by atoms with Gasteiger partial charge in [-0.15, -0.1) is 0 Å². The molecule has 0 spiro atoms. The van der Waals surface area contributed by atoms with E-state index in [1.54, 1.807) is 11.3 Å². The van der Waals surface area contributed by atoms with Crippen LogP contribution in [0.25, 0.3) is 0 Å². The van der Waals surface area contributed by atoms with Gasteiger partial charge in [-0.2, -0.15) is 16.6 Å². The minimum absolute atomic E-state index is 0.157. The lowest BCUT2D eigenvalue weighted by atomic mass is 10.2. The maximum absolute atomic E-state index is 12.4. The van der Waals surface area contributed by atoms with Crippen molar-refractivity contribution >= 4 is 23.1 Å². The molecule has 2 aromatic heterocycles. The highest BCUT2D eigenvalue weighted by Crippen LogP contribution is 2.41. The minimum atomic E-state index is 0.157. The van der Waals surface area contributed by atoms with Gasteiger partial charge in [0.2, 0.25) is 23.4 Å². The number of aromatic nitrogens is 1. The van der Waals surface area contributed by atoms with Crippen LogP contribution < -0.4 is 4.90 Å². The topological polar surface area (TPSA) is 73.4 Å². The zero-order valence-electron chi connectivity index (χ0n) is 13.3. The minimum Gasteiger partial charge on any atom is -0.423 e. The molecule has 2 aromatic rings. The summed E-state index contributed by atoms with van der Waals surface area (Å²) in [5.41, 5.74) is 1.44. The van der Waals surface area contributed by atoms with Crippen molar-refractivity contribution in [2.75, 3.05) is 31.1 Å². The van der Waals surface area contributed by atoms with Gasteiger partial charge in [0.05, 0.1) is 6.42 Å². The number of nitriles is 1. The summed E-state index contributed by atoms with van der Waals surface area (Å²) in [4.78, 5) is 20.6. The molecule has 0 N–H and O–H groups in total. The monoisotopic (exact) mass is 342 g/mol. The van der Waals surface area contributed by atoms with E-state index in [0.717, 1.165) is 18.4 Å². The maximum Gasteiger partial charge on any atom is 0.234 e. The fourth-order valence-electron chi connectivity index (χ4n) is 2.96. The second-order valence-corrected chi connectivity index (χ2v) is 7.05. The standard InChI is InChI=1S/C17H18N4O2S/c18-10-14-17(23-16(19-14)13-1-2-13)21-6-4-20(5-7-21)15(22)9-12-3-8-24-11-12/h3,8,11,13H,1-2,4-7,9H2. The first-order chi connectivity index (χ1) is 11.7. The Morgan fingerprint density at radius 3 is 2.79 bits per heavy atom. The summed E-state index contributed by atoms with van der Waals surface area (Å²) < 4.78 is 5.84. The molecule has 1 saturated heterocycles. The fourth-order valence-corrected chi connectivity index (χ4v) is 3.63. The third-order valence-corrected chi connectivity index (χ3v) is 5.25. The Balaban J connectivity index is 1.39. The van der Waals surface area contributed by atoms with Crippen LogP contribution >= 0.6 is 11.3 Å². The van der Waals surface area contributed by atoms with Crippen LogP contribution in [0.3, 0.4) is 0 Å². The van der Waals surface area contributed by atoms with Gasteiger partial charge in [-0.25, -0.2) is 4.98 Å². The van der Waals surface area contributed by atoms with Crippen molar-refractivity contribution < 1.29 is 9.21 Å². The average molecular weight is 342 g/mol. The van der Waals surface area contributed by atoms with Crippen LogP contribution in [0, 0.1) is 11.3 Å².